The number of halogens is 14. The summed E-state index contributed by atoms with van der Waals surface area (Å²) < 4.78 is 208. The molecule has 0 amide bonds. The highest BCUT2D eigenvalue weighted by atomic mass is 32.2. The normalized spacial score (nSPS) is 13.5. The minimum absolute atomic E-state index is 0.0354. The summed E-state index contributed by atoms with van der Waals surface area (Å²) >= 11 is 3.59. The Labute approximate surface area is 424 Å². The van der Waals surface area contributed by atoms with Crippen LogP contribution in [0.25, 0.3) is 65.2 Å². The summed E-state index contributed by atoms with van der Waals surface area (Å²) in [5.41, 5.74) is -1.74. The van der Waals surface area contributed by atoms with Gasteiger partial charge in [0.2, 0.25) is 11.6 Å². The maximum Gasteiger partial charge on any atom is 0.460 e. The van der Waals surface area contributed by atoms with E-state index in [1.807, 2.05) is 0 Å². The predicted molar refractivity (Wildman–Crippen MR) is 257 cm³/mol. The Hall–Kier alpha value is -6.36. The molecular formula is C52H24F14N4S4. The van der Waals surface area contributed by atoms with Crippen LogP contribution in [0.3, 0.4) is 0 Å². The van der Waals surface area contributed by atoms with Gasteiger partial charge in [0.05, 0.1) is 22.1 Å². The molecule has 0 radical (unpaired) electrons. The minimum Gasteiger partial charge on any atom is -0.225 e. The largest absolute Gasteiger partial charge is 0.460 e. The fraction of sp³-hybridized carbons (Fsp3) is 0.115. The molecule has 0 N–H and O–H groups in total. The Morgan fingerprint density at radius 3 is 0.703 bits per heavy atom. The molecule has 0 aliphatic rings. The van der Waals surface area contributed by atoms with Crippen molar-refractivity contribution in [2.45, 2.75) is 75.2 Å². The van der Waals surface area contributed by atoms with Crippen molar-refractivity contribution < 1.29 is 61.5 Å². The molecule has 0 aliphatic heterocycles. The van der Waals surface area contributed by atoms with E-state index in [2.05, 4.69) is 19.9 Å². The second kappa shape index (κ2) is 17.6. The van der Waals surface area contributed by atoms with E-state index in [0.717, 1.165) is 47.0 Å². The predicted octanol–water partition coefficient (Wildman–Crippen LogP) is 18.2. The van der Waals surface area contributed by atoms with Crippen LogP contribution in [0.2, 0.25) is 0 Å². The molecule has 2 aromatic heterocycles. The van der Waals surface area contributed by atoms with E-state index in [1.165, 1.54) is 24.3 Å². The summed E-state index contributed by atoms with van der Waals surface area (Å²) in [6.45, 7) is 0. The van der Waals surface area contributed by atoms with E-state index < -0.39 is 69.8 Å². The van der Waals surface area contributed by atoms with E-state index in [4.69, 9.17) is 0 Å². The van der Waals surface area contributed by atoms with Crippen LogP contribution in [0.1, 0.15) is 11.6 Å². The van der Waals surface area contributed by atoms with Gasteiger partial charge in [0, 0.05) is 60.7 Å². The molecule has 0 unspecified atom stereocenters. The van der Waals surface area contributed by atoms with Gasteiger partial charge in [0.15, 0.2) is 0 Å². The van der Waals surface area contributed by atoms with E-state index in [0.29, 0.717) is 19.6 Å². The number of hydrogen-bond acceptors (Lipinski definition) is 8. The topological polar surface area (TPSA) is 51.6 Å². The van der Waals surface area contributed by atoms with Crippen LogP contribution in [-0.2, 0) is 11.8 Å². The zero-order valence-electron chi connectivity index (χ0n) is 36.6. The summed E-state index contributed by atoms with van der Waals surface area (Å²) in [5.74, 6) is -29.6. The number of nitrogens with zero attached hydrogens (tertiary/aromatic N) is 4. The molecule has 0 spiro atoms. The maximum atomic E-state index is 16.1. The van der Waals surface area contributed by atoms with E-state index in [9.17, 15) is 26.3 Å². The minimum atomic E-state index is -6.75. The quantitative estimate of drug-likeness (QED) is 0.0681. The van der Waals surface area contributed by atoms with Crippen molar-refractivity contribution in [3.8, 4) is 0 Å². The molecule has 0 bridgehead atoms. The van der Waals surface area contributed by atoms with Gasteiger partial charge in [0.25, 0.3) is 0 Å². The number of benzene rings is 9. The standard InChI is InChI=1S/C52H24F14N4S4/c53-47(54,49(57,58)51(61,62)63)45-67-41-33(71-25-13-5-1-6-14-25)21-29-30-22-35(73-27-17-9-3-10-18-27)43-40-38(30)32(31-23-34(42(68-45)39(41)37(29)31)72-26-15-7-2-8-16-26)24-36(74-28-19-11-4-12-20-28)44(40)70-46(69-43)48(55,56)50(59,60)52(64,65)66/h1-24H. The van der Waals surface area contributed by atoms with Gasteiger partial charge in [-0.25, -0.2) is 19.9 Å². The third-order valence-electron chi connectivity index (χ3n) is 12.0. The lowest BCUT2D eigenvalue weighted by Gasteiger charge is -2.28. The van der Waals surface area contributed by atoms with Gasteiger partial charge < -0.3 is 0 Å². The molecule has 0 atom stereocenters. The Morgan fingerprint density at radius 2 is 0.500 bits per heavy atom. The number of rotatable bonds is 12. The highest BCUT2D eigenvalue weighted by Crippen LogP contribution is 2.57. The molecule has 22 heteroatoms. The average molecular weight is 1100 g/mol. The first kappa shape index (κ1) is 49.8. The Bertz CT molecular complexity index is 3480. The molecule has 0 saturated heterocycles. The van der Waals surface area contributed by atoms with Gasteiger partial charge in [-0.2, -0.15) is 61.5 Å². The van der Waals surface area contributed by atoms with Crippen molar-refractivity contribution in [2.24, 2.45) is 0 Å². The van der Waals surface area contributed by atoms with Gasteiger partial charge in [-0.3, -0.25) is 0 Å². The van der Waals surface area contributed by atoms with Crippen LogP contribution in [0.15, 0.2) is 185 Å². The number of aromatic nitrogens is 4. The molecule has 74 heavy (non-hydrogen) atoms. The fourth-order valence-corrected chi connectivity index (χ4v) is 12.4. The van der Waals surface area contributed by atoms with E-state index in [-0.39, 0.29) is 62.7 Å². The fourth-order valence-electron chi connectivity index (χ4n) is 8.56. The van der Waals surface area contributed by atoms with Gasteiger partial charge in [-0.05, 0) is 94.3 Å². The van der Waals surface area contributed by atoms with Gasteiger partial charge in [-0.15, -0.1) is 0 Å². The monoisotopic (exact) mass is 1100 g/mol. The second-order valence-electron chi connectivity index (χ2n) is 16.6. The van der Waals surface area contributed by atoms with Crippen LogP contribution in [0, 0.1) is 0 Å². The molecule has 0 saturated carbocycles. The van der Waals surface area contributed by atoms with Crippen LogP contribution in [-0.4, -0.2) is 44.1 Å². The van der Waals surface area contributed by atoms with Crippen LogP contribution >= 0.6 is 47.0 Å². The van der Waals surface area contributed by atoms with Crippen molar-refractivity contribution >= 4 is 112 Å². The molecule has 2 heterocycles. The molecular weight excluding hydrogens is 1070 g/mol. The third-order valence-corrected chi connectivity index (χ3v) is 16.1. The highest BCUT2D eigenvalue weighted by molar-refractivity contribution is 8.00. The van der Waals surface area contributed by atoms with Crippen molar-refractivity contribution in [1.82, 2.24) is 19.9 Å². The summed E-state index contributed by atoms with van der Waals surface area (Å²) in [6.07, 6.45) is -13.5. The summed E-state index contributed by atoms with van der Waals surface area (Å²) in [7, 11) is 0. The number of alkyl halides is 14. The Morgan fingerprint density at radius 1 is 0.284 bits per heavy atom. The summed E-state index contributed by atoms with van der Waals surface area (Å²) in [5, 5.41) is 1.31. The molecule has 0 aliphatic carbocycles. The zero-order valence-corrected chi connectivity index (χ0v) is 39.8. The van der Waals surface area contributed by atoms with Crippen LogP contribution in [0.5, 0.6) is 0 Å². The molecule has 9 aromatic carbocycles. The average Bonchev–Trinajstić information content (AvgIpc) is 3.38. The summed E-state index contributed by atoms with van der Waals surface area (Å²) in [4.78, 5) is 17.2. The number of fused-ring (bicyclic) bond motifs is 2. The molecule has 0 fully saturated rings. The maximum absolute atomic E-state index is 16.1. The van der Waals surface area contributed by atoms with Gasteiger partial charge >= 0.3 is 36.0 Å². The first-order chi connectivity index (χ1) is 35.0. The third kappa shape index (κ3) is 7.96. The first-order valence-electron chi connectivity index (χ1n) is 21.5. The summed E-state index contributed by atoms with van der Waals surface area (Å²) in [6, 6.07) is 38.4. The number of hydrogen-bond donors (Lipinski definition) is 0. The van der Waals surface area contributed by atoms with Crippen molar-refractivity contribution in [3.05, 3.63) is 157 Å². The first-order valence-corrected chi connectivity index (χ1v) is 24.8. The molecule has 11 aromatic rings. The highest BCUT2D eigenvalue weighted by Gasteiger charge is 2.76. The second-order valence-corrected chi connectivity index (χ2v) is 21.1. The zero-order chi connectivity index (χ0) is 52.3. The van der Waals surface area contributed by atoms with Crippen LogP contribution < -0.4 is 0 Å². The van der Waals surface area contributed by atoms with Crippen molar-refractivity contribution in [1.29, 1.82) is 0 Å². The lowest BCUT2D eigenvalue weighted by Crippen LogP contribution is -2.50. The Kier molecular flexibility index (Phi) is 11.9. The van der Waals surface area contributed by atoms with Gasteiger partial charge in [0.1, 0.15) is 0 Å². The lowest BCUT2D eigenvalue weighted by atomic mass is 9.88. The SMILES string of the molecule is FC(F)(F)C(F)(F)C(F)(F)c1nc2c(Sc3ccccc3)cc3c4cc(Sc5ccccc5)c5nc(C(F)(F)C(F)(F)C(F)(F)F)nc6c(Sc7ccccc7)cc(c7cc(Sc8ccccc8)c(n1)c2c37)c4c56. The smallest absolute Gasteiger partial charge is 0.225 e. The van der Waals surface area contributed by atoms with E-state index >= 15 is 35.1 Å². The molecule has 4 nitrogen and oxygen atoms in total. The van der Waals surface area contributed by atoms with Crippen LogP contribution in [0.4, 0.5) is 61.5 Å². The molecule has 11 rings (SSSR count). The lowest BCUT2D eigenvalue weighted by molar-refractivity contribution is -0.361. The van der Waals surface area contributed by atoms with Crippen molar-refractivity contribution in [3.63, 3.8) is 0 Å². The van der Waals surface area contributed by atoms with Gasteiger partial charge in [-0.1, -0.05) is 120 Å². The van der Waals surface area contributed by atoms with Crippen molar-refractivity contribution in [2.75, 3.05) is 0 Å². The molecule has 374 valence electrons. The van der Waals surface area contributed by atoms with E-state index in [1.54, 1.807) is 121 Å². The Balaban J connectivity index is 1.36.